The maximum absolute atomic E-state index is 8.78. The van der Waals surface area contributed by atoms with Crippen LogP contribution in [0.5, 0.6) is 0 Å². The van der Waals surface area contributed by atoms with Crippen LogP contribution in [-0.4, -0.2) is 38.8 Å². The zero-order valence-electron chi connectivity index (χ0n) is 8.79. The molecule has 72 valence electrons. The van der Waals surface area contributed by atoms with Crippen molar-refractivity contribution in [3.05, 3.63) is 38.0 Å². The molecule has 0 amide bonds. The molecule has 0 radical (unpaired) electrons. The topological polar surface area (TPSA) is 20.3 Å². The van der Waals surface area contributed by atoms with Gasteiger partial charge in [-0.25, -0.2) is 0 Å². The number of hydrogen-bond donors (Lipinski definition) is 0. The van der Waals surface area contributed by atoms with E-state index >= 15 is 0 Å². The molecule has 0 N–H and O–H groups in total. The molecule has 0 aromatic heterocycles. The van der Waals surface area contributed by atoms with Gasteiger partial charge >= 0.3 is 29.5 Å². The monoisotopic (exact) mass is 216 g/mol. The molecule has 0 aromatic rings. The van der Waals surface area contributed by atoms with Crippen molar-refractivity contribution < 1.29 is 5.23 Å². The number of hydrogen-bond acceptors (Lipinski definition) is 2. The van der Waals surface area contributed by atoms with Crippen molar-refractivity contribution in [2.24, 2.45) is 0 Å². The second kappa shape index (κ2) is 14.3. The van der Waals surface area contributed by atoms with E-state index in [1.807, 2.05) is 18.2 Å². The molecule has 13 heavy (non-hydrogen) atoms. The van der Waals surface area contributed by atoms with Crippen molar-refractivity contribution in [3.8, 4) is 0 Å². The predicted molar refractivity (Wildman–Crippen MR) is 60.4 cm³/mol. The summed E-state index contributed by atoms with van der Waals surface area (Å²) >= 11 is -1.03. The van der Waals surface area contributed by atoms with E-state index < -0.39 is 14.2 Å². The van der Waals surface area contributed by atoms with Gasteiger partial charge in [-0.3, -0.25) is 4.90 Å². The third kappa shape index (κ3) is 14.6. The van der Waals surface area contributed by atoms with Gasteiger partial charge < -0.3 is 0 Å². The van der Waals surface area contributed by atoms with E-state index in [0.29, 0.717) is 0 Å². The van der Waals surface area contributed by atoms with E-state index in [4.69, 9.17) is 3.80 Å². The summed E-state index contributed by atoms with van der Waals surface area (Å²) in [5.74, 6) is 0. The normalized spacial score (nSPS) is 7.85. The molecular formula is C9H16AlClNO+. The van der Waals surface area contributed by atoms with Crippen molar-refractivity contribution in [1.82, 2.24) is 4.90 Å². The van der Waals surface area contributed by atoms with Crippen LogP contribution >= 0.6 is 10.0 Å². The van der Waals surface area contributed by atoms with Gasteiger partial charge in [0.1, 0.15) is 0 Å². The fraction of sp³-hybridized carbons (Fsp3) is 0.333. The molecule has 0 atom stereocenters. The second-order valence-electron chi connectivity index (χ2n) is 2.17. The van der Waals surface area contributed by atoms with Gasteiger partial charge in [0.05, 0.1) is 0 Å². The van der Waals surface area contributed by atoms with Gasteiger partial charge in [0.15, 0.2) is 0 Å². The van der Waals surface area contributed by atoms with Crippen molar-refractivity contribution in [1.29, 1.82) is 0 Å². The van der Waals surface area contributed by atoms with Crippen LogP contribution in [-0.2, 0) is 3.80 Å². The molecule has 4 heteroatoms. The molecule has 0 unspecified atom stereocenters. The van der Waals surface area contributed by atoms with Gasteiger partial charge in [-0.2, -0.15) is 0 Å². The van der Waals surface area contributed by atoms with Crippen LogP contribution in [0.15, 0.2) is 38.0 Å². The first kappa shape index (κ1) is 15.3. The maximum atomic E-state index is 8.78. The van der Waals surface area contributed by atoms with E-state index in [9.17, 15) is 0 Å². The molecular weight excluding hydrogens is 201 g/mol. The fourth-order valence-electron chi connectivity index (χ4n) is 0.771. The van der Waals surface area contributed by atoms with Crippen LogP contribution in [0.2, 0.25) is 0 Å². The summed E-state index contributed by atoms with van der Waals surface area (Å²) in [7, 11) is 4.53. The molecule has 0 aliphatic carbocycles. The first-order valence-electron chi connectivity index (χ1n) is 3.85. The van der Waals surface area contributed by atoms with Crippen molar-refractivity contribution in [2.45, 2.75) is 0 Å². The Morgan fingerprint density at radius 2 is 1.38 bits per heavy atom. The summed E-state index contributed by atoms with van der Waals surface area (Å²) in [6.07, 6.45) is 5.65. The second-order valence-corrected chi connectivity index (χ2v) is 2.89. The Kier molecular flexibility index (Phi) is 16.8. The molecule has 0 aromatic carbocycles. The molecule has 0 aliphatic rings. The van der Waals surface area contributed by atoms with Gasteiger partial charge in [-0.1, -0.05) is 18.2 Å². The minimum absolute atomic E-state index is 0. The van der Waals surface area contributed by atoms with Crippen LogP contribution in [0, 0.1) is 0 Å². The van der Waals surface area contributed by atoms with Crippen LogP contribution < -0.4 is 0 Å². The van der Waals surface area contributed by atoms with Crippen molar-refractivity contribution >= 4 is 24.3 Å². The SMILES string of the molecule is C=CCN(CC=C)CC=C.[H+].[O]=[Al][Cl]. The number of nitrogens with zero attached hydrogens (tertiary/aromatic N) is 1. The molecule has 0 fully saturated rings. The average molecular weight is 217 g/mol. The Hall–Kier alpha value is -0.198. The van der Waals surface area contributed by atoms with Crippen LogP contribution in [0.3, 0.4) is 0 Å². The van der Waals surface area contributed by atoms with E-state index in [0.717, 1.165) is 19.6 Å². The van der Waals surface area contributed by atoms with Gasteiger partial charge in [0.2, 0.25) is 0 Å². The zero-order chi connectivity index (χ0) is 10.5. The van der Waals surface area contributed by atoms with Gasteiger partial charge in [0.25, 0.3) is 0 Å². The first-order chi connectivity index (χ1) is 6.26. The Balaban J connectivity index is -0.000000267. The van der Waals surface area contributed by atoms with E-state index in [-0.39, 0.29) is 1.43 Å². The summed E-state index contributed by atoms with van der Waals surface area (Å²) in [6, 6.07) is 0. The molecule has 0 spiro atoms. The Labute approximate surface area is 92.2 Å². The van der Waals surface area contributed by atoms with Gasteiger partial charge in [-0.05, 0) is 0 Å². The Morgan fingerprint density at radius 3 is 1.54 bits per heavy atom. The van der Waals surface area contributed by atoms with E-state index in [1.165, 1.54) is 0 Å². The van der Waals surface area contributed by atoms with Crippen LogP contribution in [0.25, 0.3) is 0 Å². The molecule has 0 bridgehead atoms. The molecule has 2 nitrogen and oxygen atoms in total. The summed E-state index contributed by atoms with van der Waals surface area (Å²) in [4.78, 5) is 2.19. The molecule has 0 heterocycles. The van der Waals surface area contributed by atoms with Gasteiger partial charge in [-0.15, -0.1) is 19.7 Å². The quantitative estimate of drug-likeness (QED) is 0.501. The summed E-state index contributed by atoms with van der Waals surface area (Å²) in [6.45, 7) is 13.7. The van der Waals surface area contributed by atoms with Crippen LogP contribution in [0.1, 0.15) is 1.43 Å². The third-order valence-corrected chi connectivity index (χ3v) is 1.16. The molecule has 0 saturated carbocycles. The third-order valence-electron chi connectivity index (χ3n) is 1.16. The first-order valence-corrected chi connectivity index (χ1v) is 6.07. The average Bonchev–Trinajstić information content (AvgIpc) is 2.07. The molecule has 0 rings (SSSR count). The van der Waals surface area contributed by atoms with E-state index in [2.05, 4.69) is 34.7 Å². The Morgan fingerprint density at radius 1 is 1.15 bits per heavy atom. The number of rotatable bonds is 6. The van der Waals surface area contributed by atoms with Crippen molar-refractivity contribution in [3.63, 3.8) is 0 Å². The van der Waals surface area contributed by atoms with Gasteiger partial charge in [0, 0.05) is 19.6 Å². The zero-order valence-corrected chi connectivity index (χ0v) is 9.70. The standard InChI is InChI=1S/C9H15N.Al.ClH.O/c1-4-7-10(8-5-2)9-6-3;;;/h4-6H,1-3,7-9H2;;1H;/q;+1;;. The van der Waals surface area contributed by atoms with Crippen molar-refractivity contribution in [2.75, 3.05) is 19.6 Å². The summed E-state index contributed by atoms with van der Waals surface area (Å²) < 4.78 is 8.78. The minimum atomic E-state index is -1.03. The molecule has 0 saturated heterocycles. The summed E-state index contributed by atoms with van der Waals surface area (Å²) in [5.41, 5.74) is 0. The summed E-state index contributed by atoms with van der Waals surface area (Å²) in [5, 5.41) is 0. The fourth-order valence-corrected chi connectivity index (χ4v) is 0.771. The Bertz CT molecular complexity index is 143. The predicted octanol–water partition coefficient (Wildman–Crippen LogP) is 2.15. The molecule has 0 aliphatic heterocycles. The van der Waals surface area contributed by atoms with Crippen LogP contribution in [0.4, 0.5) is 0 Å². The van der Waals surface area contributed by atoms with E-state index in [1.54, 1.807) is 0 Å². The number of halogens is 1.